The van der Waals surface area contributed by atoms with E-state index < -0.39 is 0 Å². The molecule has 0 radical (unpaired) electrons. The third-order valence-corrected chi connectivity index (χ3v) is 3.77. The van der Waals surface area contributed by atoms with Crippen molar-refractivity contribution < 1.29 is 14.1 Å². The summed E-state index contributed by atoms with van der Waals surface area (Å²) in [6, 6.07) is 7.85. The maximum absolute atomic E-state index is 11.7. The molecule has 26 heavy (non-hydrogen) atoms. The third-order valence-electron chi connectivity index (χ3n) is 3.77. The molecule has 0 saturated carbocycles. The molecule has 7 heteroatoms. The molecule has 0 atom stereocenters. The lowest BCUT2D eigenvalue weighted by molar-refractivity contribution is 0.0526. The van der Waals surface area contributed by atoms with Crippen molar-refractivity contribution >= 4 is 5.97 Å². The highest BCUT2D eigenvalue weighted by Crippen LogP contribution is 2.24. The molecular weight excluding hydrogens is 332 g/mol. The smallest absolute Gasteiger partial charge is 0.341 e. The monoisotopic (exact) mass is 354 g/mol. The van der Waals surface area contributed by atoms with E-state index in [1.807, 2.05) is 45.0 Å². The van der Waals surface area contributed by atoms with Gasteiger partial charge < -0.3 is 9.26 Å². The maximum Gasteiger partial charge on any atom is 0.341 e. The molecule has 2 heterocycles. The average Bonchev–Trinajstić information content (AvgIpc) is 3.25. The number of aromatic nitrogens is 4. The first-order valence-corrected chi connectivity index (χ1v) is 8.50. The second-order valence-corrected chi connectivity index (χ2v) is 7.02. The van der Waals surface area contributed by atoms with Crippen molar-refractivity contribution in [3.8, 4) is 11.4 Å². The molecule has 0 spiro atoms. The highest BCUT2D eigenvalue weighted by molar-refractivity contribution is 5.88. The number of nitrogens with zero attached hydrogens (tertiary/aromatic N) is 4. The van der Waals surface area contributed by atoms with Gasteiger partial charge in [0.05, 0.1) is 24.9 Å². The van der Waals surface area contributed by atoms with Gasteiger partial charge in [-0.2, -0.15) is 10.1 Å². The van der Waals surface area contributed by atoms with E-state index in [1.54, 1.807) is 17.8 Å². The molecule has 0 amide bonds. The predicted octanol–water partition coefficient (Wildman–Crippen LogP) is 3.46. The minimum absolute atomic E-state index is 0.179. The summed E-state index contributed by atoms with van der Waals surface area (Å²) in [5, 5.41) is 8.25. The number of hydrogen-bond acceptors (Lipinski definition) is 6. The zero-order chi connectivity index (χ0) is 18.7. The molecule has 136 valence electrons. The molecule has 0 aliphatic carbocycles. The van der Waals surface area contributed by atoms with Crippen molar-refractivity contribution in [2.24, 2.45) is 0 Å². The standard InChI is InChI=1S/C19H22N4O3/c1-5-25-17(24)15-10-20-23(12-15)11-13-6-8-14(9-7-13)16-21-18(26-22-16)19(2,3)4/h6-10,12H,5,11H2,1-4H3. The summed E-state index contributed by atoms with van der Waals surface area (Å²) in [5.74, 6) is 0.825. The molecule has 2 aromatic heterocycles. The Morgan fingerprint density at radius 1 is 1.23 bits per heavy atom. The molecule has 0 fully saturated rings. The van der Waals surface area contributed by atoms with Crippen molar-refractivity contribution in [2.45, 2.75) is 39.7 Å². The van der Waals surface area contributed by atoms with Gasteiger partial charge in [-0.25, -0.2) is 4.79 Å². The summed E-state index contributed by atoms with van der Waals surface area (Å²) in [6.45, 7) is 8.77. The van der Waals surface area contributed by atoms with Gasteiger partial charge in [0.1, 0.15) is 0 Å². The maximum atomic E-state index is 11.7. The Balaban J connectivity index is 1.70. The molecule has 3 rings (SSSR count). The number of esters is 1. The van der Waals surface area contributed by atoms with Crippen LogP contribution >= 0.6 is 0 Å². The van der Waals surface area contributed by atoms with E-state index in [-0.39, 0.29) is 11.4 Å². The van der Waals surface area contributed by atoms with Crippen LogP contribution in [-0.2, 0) is 16.7 Å². The SMILES string of the molecule is CCOC(=O)c1cnn(Cc2ccc(-c3noc(C(C)(C)C)n3)cc2)c1. The van der Waals surface area contributed by atoms with E-state index in [2.05, 4.69) is 15.2 Å². The van der Waals surface area contributed by atoms with Gasteiger partial charge in [-0.05, 0) is 12.5 Å². The van der Waals surface area contributed by atoms with Gasteiger partial charge in [-0.1, -0.05) is 50.2 Å². The second kappa shape index (κ2) is 7.11. The zero-order valence-electron chi connectivity index (χ0n) is 15.4. The van der Waals surface area contributed by atoms with Gasteiger partial charge in [-0.15, -0.1) is 0 Å². The van der Waals surface area contributed by atoms with Gasteiger partial charge in [0.15, 0.2) is 0 Å². The van der Waals surface area contributed by atoms with Crippen LogP contribution < -0.4 is 0 Å². The van der Waals surface area contributed by atoms with E-state index in [0.717, 1.165) is 11.1 Å². The number of carbonyl (C=O) groups is 1. The lowest BCUT2D eigenvalue weighted by atomic mass is 9.97. The minimum Gasteiger partial charge on any atom is -0.462 e. The van der Waals surface area contributed by atoms with Crippen LogP contribution in [0, 0.1) is 0 Å². The summed E-state index contributed by atoms with van der Waals surface area (Å²) in [7, 11) is 0. The predicted molar refractivity (Wildman–Crippen MR) is 95.7 cm³/mol. The van der Waals surface area contributed by atoms with Crippen molar-refractivity contribution in [2.75, 3.05) is 6.61 Å². The lowest BCUT2D eigenvalue weighted by Crippen LogP contribution is -2.11. The fourth-order valence-corrected chi connectivity index (χ4v) is 2.36. The summed E-state index contributed by atoms with van der Waals surface area (Å²) in [5.41, 5.74) is 2.21. The summed E-state index contributed by atoms with van der Waals surface area (Å²) < 4.78 is 12.0. The Hall–Kier alpha value is -2.96. The highest BCUT2D eigenvalue weighted by Gasteiger charge is 2.22. The molecule has 0 saturated heterocycles. The highest BCUT2D eigenvalue weighted by atomic mass is 16.5. The Morgan fingerprint density at radius 3 is 2.58 bits per heavy atom. The average molecular weight is 354 g/mol. The van der Waals surface area contributed by atoms with E-state index >= 15 is 0 Å². The van der Waals surface area contributed by atoms with Crippen LogP contribution in [-0.4, -0.2) is 32.5 Å². The summed E-state index contributed by atoms with van der Waals surface area (Å²) in [6.07, 6.45) is 3.19. The molecule has 0 N–H and O–H groups in total. The normalized spacial score (nSPS) is 11.5. The minimum atomic E-state index is -0.360. The zero-order valence-corrected chi connectivity index (χ0v) is 15.4. The quantitative estimate of drug-likeness (QED) is 0.653. The fourth-order valence-electron chi connectivity index (χ4n) is 2.36. The van der Waals surface area contributed by atoms with Gasteiger partial charge in [0, 0.05) is 17.2 Å². The van der Waals surface area contributed by atoms with Gasteiger partial charge in [-0.3, -0.25) is 4.68 Å². The van der Waals surface area contributed by atoms with Gasteiger partial charge in [0.2, 0.25) is 11.7 Å². The molecule has 0 aliphatic heterocycles. The van der Waals surface area contributed by atoms with Crippen LogP contribution in [0.25, 0.3) is 11.4 Å². The molecule has 3 aromatic rings. The van der Waals surface area contributed by atoms with Gasteiger partial charge in [0.25, 0.3) is 0 Å². The van der Waals surface area contributed by atoms with Gasteiger partial charge >= 0.3 is 5.97 Å². The first kappa shape index (κ1) is 17.8. The van der Waals surface area contributed by atoms with Crippen LogP contribution in [0.5, 0.6) is 0 Å². The van der Waals surface area contributed by atoms with Crippen LogP contribution in [0.3, 0.4) is 0 Å². The summed E-state index contributed by atoms with van der Waals surface area (Å²) in [4.78, 5) is 16.1. The van der Waals surface area contributed by atoms with Crippen molar-refractivity contribution in [3.05, 3.63) is 53.7 Å². The van der Waals surface area contributed by atoms with Crippen LogP contribution in [0.2, 0.25) is 0 Å². The number of carbonyl (C=O) groups excluding carboxylic acids is 1. The van der Waals surface area contributed by atoms with Crippen molar-refractivity contribution in [1.29, 1.82) is 0 Å². The Labute approximate surface area is 152 Å². The largest absolute Gasteiger partial charge is 0.462 e. The lowest BCUT2D eigenvalue weighted by Gasteiger charge is -2.10. The van der Waals surface area contributed by atoms with E-state index in [1.165, 1.54) is 6.20 Å². The van der Waals surface area contributed by atoms with Crippen LogP contribution in [0.4, 0.5) is 0 Å². The van der Waals surface area contributed by atoms with Crippen LogP contribution in [0.1, 0.15) is 49.5 Å². The Kier molecular flexibility index (Phi) is 4.88. The molecule has 0 aliphatic rings. The first-order chi connectivity index (χ1) is 12.4. The van der Waals surface area contributed by atoms with E-state index in [0.29, 0.717) is 30.4 Å². The number of hydrogen-bond donors (Lipinski definition) is 0. The first-order valence-electron chi connectivity index (χ1n) is 8.50. The molecule has 7 nitrogen and oxygen atoms in total. The fraction of sp³-hybridized carbons (Fsp3) is 0.368. The second-order valence-electron chi connectivity index (χ2n) is 7.02. The topological polar surface area (TPSA) is 83.0 Å². The number of ether oxygens (including phenoxy) is 1. The van der Waals surface area contributed by atoms with E-state index in [4.69, 9.17) is 9.26 Å². The van der Waals surface area contributed by atoms with Crippen LogP contribution in [0.15, 0.2) is 41.2 Å². The number of rotatable bonds is 5. The summed E-state index contributed by atoms with van der Waals surface area (Å²) >= 11 is 0. The van der Waals surface area contributed by atoms with Crippen molar-refractivity contribution in [1.82, 2.24) is 19.9 Å². The molecule has 1 aromatic carbocycles. The Morgan fingerprint density at radius 2 is 1.96 bits per heavy atom. The van der Waals surface area contributed by atoms with E-state index in [9.17, 15) is 4.79 Å². The molecular formula is C19H22N4O3. The molecule has 0 bridgehead atoms. The third kappa shape index (κ3) is 3.99. The Bertz CT molecular complexity index is 888. The van der Waals surface area contributed by atoms with Crippen molar-refractivity contribution in [3.63, 3.8) is 0 Å². The number of benzene rings is 1. The molecule has 0 unspecified atom stereocenters.